The first-order valence-corrected chi connectivity index (χ1v) is 4.89. The fraction of sp³-hybridized carbons (Fsp3) is 0.429. The van der Waals surface area contributed by atoms with E-state index in [4.69, 9.17) is 5.73 Å². The van der Waals surface area contributed by atoms with Gasteiger partial charge in [-0.1, -0.05) is 0 Å². The van der Waals surface area contributed by atoms with Crippen LogP contribution in [0.2, 0.25) is 0 Å². The molecule has 0 atom stereocenters. The molecule has 2 nitrogen and oxygen atoms in total. The average Bonchev–Trinajstić information content (AvgIpc) is 2.10. The molecule has 62 valence electrons. The lowest BCUT2D eigenvalue weighted by Gasteiger charge is -2.05. The summed E-state index contributed by atoms with van der Waals surface area (Å²) < 4.78 is 1.04. The molecule has 0 fully saturated rings. The summed E-state index contributed by atoms with van der Waals surface area (Å²) in [6.45, 7) is 0.959. The van der Waals surface area contributed by atoms with E-state index in [2.05, 4.69) is 20.8 Å². The third kappa shape index (κ3) is 2.47. The number of hydrogen-bond donors (Lipinski definition) is 1. The smallest absolute Gasteiger partial charge is 0.0930 e. The van der Waals surface area contributed by atoms with E-state index in [9.17, 15) is 0 Å². The average molecular weight is 235 g/mol. The molecule has 0 aliphatic heterocycles. The zero-order chi connectivity index (χ0) is 8.43. The van der Waals surface area contributed by atoms with Crippen LogP contribution in [0.25, 0.3) is 0 Å². The molecule has 0 aliphatic rings. The molecule has 0 aliphatic carbocycles. The summed E-state index contributed by atoms with van der Waals surface area (Å²) in [6.07, 6.45) is 0. The molecule has 0 saturated carbocycles. The van der Waals surface area contributed by atoms with Crippen molar-refractivity contribution in [3.63, 3.8) is 0 Å². The van der Waals surface area contributed by atoms with Gasteiger partial charge in [-0.25, -0.2) is 0 Å². The molecule has 0 unspecified atom stereocenters. The van der Waals surface area contributed by atoms with Crippen LogP contribution in [0.4, 0.5) is 5.69 Å². The van der Waals surface area contributed by atoms with Crippen molar-refractivity contribution in [1.29, 1.82) is 0 Å². The highest BCUT2D eigenvalue weighted by Crippen LogP contribution is 2.30. The molecule has 1 aromatic heterocycles. The number of nitrogen functional groups attached to an aromatic ring is 1. The first-order valence-electron chi connectivity index (χ1n) is 3.28. The Bertz CT molecular complexity index is 225. The lowest BCUT2D eigenvalue weighted by Crippen LogP contribution is -2.09. The summed E-state index contributed by atoms with van der Waals surface area (Å²) in [5, 5.41) is 0. The zero-order valence-electron chi connectivity index (χ0n) is 6.60. The first kappa shape index (κ1) is 9.03. The van der Waals surface area contributed by atoms with Crippen molar-refractivity contribution in [2.24, 2.45) is 0 Å². The van der Waals surface area contributed by atoms with Gasteiger partial charge in [0.15, 0.2) is 0 Å². The molecule has 0 spiro atoms. The summed E-state index contributed by atoms with van der Waals surface area (Å²) in [4.78, 5) is 3.41. The van der Waals surface area contributed by atoms with Crippen LogP contribution in [-0.4, -0.2) is 19.0 Å². The minimum atomic E-state index is 0.840. The molecule has 11 heavy (non-hydrogen) atoms. The Labute approximate surface area is 79.1 Å². The Morgan fingerprint density at radius 1 is 1.64 bits per heavy atom. The molecule has 1 aromatic rings. The molecular formula is C7H11BrN2S. The molecule has 1 heterocycles. The van der Waals surface area contributed by atoms with Gasteiger partial charge in [0.2, 0.25) is 0 Å². The highest BCUT2D eigenvalue weighted by atomic mass is 79.9. The van der Waals surface area contributed by atoms with Gasteiger partial charge in [-0.3, -0.25) is 0 Å². The van der Waals surface area contributed by atoms with Crippen molar-refractivity contribution in [3.05, 3.63) is 14.7 Å². The molecule has 2 N–H and O–H groups in total. The SMILES string of the molecule is CN(C)Cc1cc(N)c(Br)s1. The second kappa shape index (κ2) is 3.56. The van der Waals surface area contributed by atoms with Crippen LogP contribution < -0.4 is 5.73 Å². The number of anilines is 1. The van der Waals surface area contributed by atoms with E-state index in [0.29, 0.717) is 0 Å². The maximum absolute atomic E-state index is 5.66. The number of hydrogen-bond acceptors (Lipinski definition) is 3. The van der Waals surface area contributed by atoms with Crippen LogP contribution in [0.15, 0.2) is 9.85 Å². The summed E-state index contributed by atoms with van der Waals surface area (Å²) in [7, 11) is 4.09. The Balaban J connectivity index is 2.73. The molecule has 0 bridgehead atoms. The third-order valence-corrected chi connectivity index (χ3v) is 3.10. The van der Waals surface area contributed by atoms with E-state index in [1.165, 1.54) is 4.88 Å². The van der Waals surface area contributed by atoms with Crippen LogP contribution in [0, 0.1) is 0 Å². The van der Waals surface area contributed by atoms with Gasteiger partial charge >= 0.3 is 0 Å². The zero-order valence-corrected chi connectivity index (χ0v) is 9.00. The maximum atomic E-state index is 5.66. The lowest BCUT2D eigenvalue weighted by molar-refractivity contribution is 0.406. The van der Waals surface area contributed by atoms with Crippen molar-refractivity contribution < 1.29 is 0 Å². The van der Waals surface area contributed by atoms with Gasteiger partial charge in [0, 0.05) is 11.4 Å². The van der Waals surface area contributed by atoms with Crippen molar-refractivity contribution in [2.75, 3.05) is 19.8 Å². The highest BCUT2D eigenvalue weighted by molar-refractivity contribution is 9.11. The number of rotatable bonds is 2. The van der Waals surface area contributed by atoms with E-state index in [1.807, 2.05) is 20.2 Å². The van der Waals surface area contributed by atoms with E-state index in [-0.39, 0.29) is 0 Å². The molecule has 1 rings (SSSR count). The summed E-state index contributed by atoms with van der Waals surface area (Å²) in [5.74, 6) is 0. The summed E-state index contributed by atoms with van der Waals surface area (Å²) >= 11 is 5.07. The standard InChI is InChI=1S/C7H11BrN2S/c1-10(2)4-5-3-6(9)7(8)11-5/h3H,4,9H2,1-2H3. The van der Waals surface area contributed by atoms with E-state index in [0.717, 1.165) is 16.0 Å². The fourth-order valence-corrected chi connectivity index (χ4v) is 2.48. The van der Waals surface area contributed by atoms with Crippen LogP contribution >= 0.6 is 27.3 Å². The summed E-state index contributed by atoms with van der Waals surface area (Å²) in [6, 6.07) is 2.01. The van der Waals surface area contributed by atoms with E-state index in [1.54, 1.807) is 11.3 Å². The third-order valence-electron chi connectivity index (χ3n) is 1.24. The minimum absolute atomic E-state index is 0.840. The Morgan fingerprint density at radius 2 is 2.27 bits per heavy atom. The largest absolute Gasteiger partial charge is 0.397 e. The molecule has 0 saturated heterocycles. The number of thiophene rings is 1. The second-order valence-electron chi connectivity index (χ2n) is 2.68. The Kier molecular flexibility index (Phi) is 2.92. The van der Waals surface area contributed by atoms with Crippen LogP contribution in [0.3, 0.4) is 0 Å². The van der Waals surface area contributed by atoms with E-state index >= 15 is 0 Å². The maximum Gasteiger partial charge on any atom is 0.0930 e. The predicted molar refractivity (Wildman–Crippen MR) is 53.8 cm³/mol. The van der Waals surface area contributed by atoms with Crippen molar-refractivity contribution in [1.82, 2.24) is 4.90 Å². The molecule has 4 heteroatoms. The molecule has 0 radical (unpaired) electrons. The minimum Gasteiger partial charge on any atom is -0.397 e. The van der Waals surface area contributed by atoms with Gasteiger partial charge in [-0.2, -0.15) is 0 Å². The topological polar surface area (TPSA) is 29.3 Å². The van der Waals surface area contributed by atoms with Crippen molar-refractivity contribution in [2.45, 2.75) is 6.54 Å². The van der Waals surface area contributed by atoms with E-state index < -0.39 is 0 Å². The van der Waals surface area contributed by atoms with Crippen molar-refractivity contribution in [3.8, 4) is 0 Å². The quantitative estimate of drug-likeness (QED) is 0.851. The summed E-state index contributed by atoms with van der Waals surface area (Å²) in [5.41, 5.74) is 6.50. The number of nitrogens with two attached hydrogens (primary N) is 1. The van der Waals surface area contributed by atoms with Crippen LogP contribution in [0.1, 0.15) is 4.88 Å². The van der Waals surface area contributed by atoms with Gasteiger partial charge in [0.25, 0.3) is 0 Å². The Morgan fingerprint density at radius 3 is 2.64 bits per heavy atom. The Hall–Kier alpha value is -0.0600. The normalized spacial score (nSPS) is 10.9. The van der Waals surface area contributed by atoms with Crippen molar-refractivity contribution >= 4 is 33.0 Å². The van der Waals surface area contributed by atoms with Gasteiger partial charge in [-0.05, 0) is 36.1 Å². The highest BCUT2D eigenvalue weighted by Gasteiger charge is 2.03. The first-order chi connectivity index (χ1) is 5.09. The van der Waals surface area contributed by atoms with Gasteiger partial charge in [-0.15, -0.1) is 11.3 Å². The predicted octanol–water partition coefficient (Wildman–Crippen LogP) is 2.15. The van der Waals surface area contributed by atoms with Gasteiger partial charge in [0.1, 0.15) is 0 Å². The van der Waals surface area contributed by atoms with Crippen LogP contribution in [0.5, 0.6) is 0 Å². The molecule has 0 amide bonds. The monoisotopic (exact) mass is 234 g/mol. The number of halogens is 1. The van der Waals surface area contributed by atoms with Gasteiger partial charge < -0.3 is 10.6 Å². The lowest BCUT2D eigenvalue weighted by atomic mass is 10.4. The molecular weight excluding hydrogens is 224 g/mol. The fourth-order valence-electron chi connectivity index (χ4n) is 0.823. The van der Waals surface area contributed by atoms with Crippen LogP contribution in [-0.2, 0) is 6.54 Å². The second-order valence-corrected chi connectivity index (χ2v) is 5.13. The number of nitrogens with zero attached hydrogens (tertiary/aromatic N) is 1. The van der Waals surface area contributed by atoms with Gasteiger partial charge in [0.05, 0.1) is 9.47 Å². The molecule has 0 aromatic carbocycles.